The molecular weight excluding hydrogens is 222 g/mol. The van der Waals surface area contributed by atoms with Crippen LogP contribution in [0.3, 0.4) is 0 Å². The van der Waals surface area contributed by atoms with Crippen molar-refractivity contribution >= 4 is 49.8 Å². The molecule has 2 N–H and O–H groups in total. The van der Waals surface area contributed by atoms with E-state index in [0.717, 1.165) is 14.7 Å². The molecule has 0 radical (unpaired) electrons. The Morgan fingerprint density at radius 2 is 2.15 bits per heavy atom. The fourth-order valence-corrected chi connectivity index (χ4v) is 3.20. The number of halogens is 1. The highest BCUT2D eigenvalue weighted by molar-refractivity contribution is 7.98. The average molecular weight is 230 g/mol. The minimum atomic E-state index is 0.777. The molecule has 2 rings (SSSR count). The Bertz CT molecular complexity index is 450. The molecule has 2 aromatic rings. The first kappa shape index (κ1) is 9.19. The van der Waals surface area contributed by atoms with E-state index < -0.39 is 0 Å². The number of thiophene rings is 1. The largest absolute Gasteiger partial charge is 0.391 e. The van der Waals surface area contributed by atoms with Crippen molar-refractivity contribution in [1.29, 1.82) is 0 Å². The monoisotopic (exact) mass is 229 g/mol. The highest BCUT2D eigenvalue weighted by atomic mass is 35.5. The first-order chi connectivity index (χ1) is 6.20. The van der Waals surface area contributed by atoms with E-state index in [2.05, 4.69) is 0 Å². The first-order valence-corrected chi connectivity index (χ1v) is 6.15. The van der Waals surface area contributed by atoms with Gasteiger partial charge < -0.3 is 5.73 Å². The van der Waals surface area contributed by atoms with Gasteiger partial charge in [-0.2, -0.15) is 0 Å². The van der Waals surface area contributed by atoms with E-state index >= 15 is 0 Å². The van der Waals surface area contributed by atoms with Crippen LogP contribution in [0.25, 0.3) is 10.1 Å². The van der Waals surface area contributed by atoms with Gasteiger partial charge in [-0.25, -0.2) is 0 Å². The van der Waals surface area contributed by atoms with Crippen LogP contribution in [0.4, 0.5) is 5.00 Å². The number of nitrogen functional groups attached to an aromatic ring is 1. The highest BCUT2D eigenvalue weighted by Gasteiger charge is 2.05. The Morgan fingerprint density at radius 3 is 2.85 bits per heavy atom. The SMILES string of the molecule is CSc1cc(Cl)cc2sc(N)cc12. The molecule has 0 aliphatic carbocycles. The van der Waals surface area contributed by atoms with Crippen molar-refractivity contribution in [1.82, 2.24) is 0 Å². The summed E-state index contributed by atoms with van der Waals surface area (Å²) in [6.45, 7) is 0. The van der Waals surface area contributed by atoms with Crippen molar-refractivity contribution in [2.24, 2.45) is 0 Å². The lowest BCUT2D eigenvalue weighted by atomic mass is 10.2. The van der Waals surface area contributed by atoms with Gasteiger partial charge in [0.25, 0.3) is 0 Å². The van der Waals surface area contributed by atoms with Crippen LogP contribution in [0.1, 0.15) is 0 Å². The van der Waals surface area contributed by atoms with Gasteiger partial charge in [-0.3, -0.25) is 0 Å². The van der Waals surface area contributed by atoms with E-state index in [1.165, 1.54) is 10.3 Å². The summed E-state index contributed by atoms with van der Waals surface area (Å²) >= 11 is 9.23. The molecule has 1 heterocycles. The zero-order valence-corrected chi connectivity index (χ0v) is 9.39. The molecule has 0 saturated heterocycles. The Kier molecular flexibility index (Phi) is 2.41. The molecule has 0 fully saturated rings. The second-order valence-electron chi connectivity index (χ2n) is 2.67. The molecule has 1 aromatic heterocycles. The molecule has 0 aliphatic heterocycles. The van der Waals surface area contributed by atoms with Gasteiger partial charge in [-0.05, 0) is 24.5 Å². The van der Waals surface area contributed by atoms with Crippen LogP contribution in [0.15, 0.2) is 23.1 Å². The second-order valence-corrected chi connectivity index (χ2v) is 5.07. The smallest absolute Gasteiger partial charge is 0.0869 e. The molecular formula is C9H8ClNS2. The molecule has 0 unspecified atom stereocenters. The molecule has 1 aromatic carbocycles. The van der Waals surface area contributed by atoms with Crippen molar-refractivity contribution in [3.05, 3.63) is 23.2 Å². The maximum absolute atomic E-state index is 5.96. The van der Waals surface area contributed by atoms with Crippen molar-refractivity contribution in [2.45, 2.75) is 4.90 Å². The number of hydrogen-bond acceptors (Lipinski definition) is 3. The standard InChI is InChI=1S/C9H8ClNS2/c1-12-7-2-5(10)3-8-6(7)4-9(11)13-8/h2-4H,11H2,1H3. The minimum Gasteiger partial charge on any atom is -0.391 e. The molecule has 1 nitrogen and oxygen atoms in total. The van der Waals surface area contributed by atoms with Crippen molar-refractivity contribution in [2.75, 3.05) is 12.0 Å². The highest BCUT2D eigenvalue weighted by Crippen LogP contribution is 2.36. The fourth-order valence-electron chi connectivity index (χ4n) is 1.26. The van der Waals surface area contributed by atoms with Gasteiger partial charge in [0.2, 0.25) is 0 Å². The minimum absolute atomic E-state index is 0.777. The van der Waals surface area contributed by atoms with Crippen LogP contribution in [-0.2, 0) is 0 Å². The van der Waals surface area contributed by atoms with Crippen molar-refractivity contribution in [3.8, 4) is 0 Å². The third-order valence-electron chi connectivity index (χ3n) is 1.80. The van der Waals surface area contributed by atoms with Crippen LogP contribution >= 0.6 is 34.7 Å². The van der Waals surface area contributed by atoms with E-state index in [1.807, 2.05) is 24.5 Å². The van der Waals surface area contributed by atoms with E-state index in [4.69, 9.17) is 17.3 Å². The number of nitrogens with two attached hydrogens (primary N) is 1. The summed E-state index contributed by atoms with van der Waals surface area (Å²) in [4.78, 5) is 1.19. The summed E-state index contributed by atoms with van der Waals surface area (Å²) in [6.07, 6.45) is 2.04. The van der Waals surface area contributed by atoms with E-state index in [0.29, 0.717) is 0 Å². The Labute approximate surface area is 89.9 Å². The number of benzene rings is 1. The van der Waals surface area contributed by atoms with E-state index in [1.54, 1.807) is 23.1 Å². The van der Waals surface area contributed by atoms with Gasteiger partial charge in [0.1, 0.15) is 0 Å². The summed E-state index contributed by atoms with van der Waals surface area (Å²) in [5.74, 6) is 0. The zero-order chi connectivity index (χ0) is 9.42. The number of rotatable bonds is 1. The van der Waals surface area contributed by atoms with Gasteiger partial charge in [0.15, 0.2) is 0 Å². The predicted molar refractivity (Wildman–Crippen MR) is 63.0 cm³/mol. The molecule has 0 amide bonds. The summed E-state index contributed by atoms with van der Waals surface area (Å²) in [5, 5.41) is 2.82. The summed E-state index contributed by atoms with van der Waals surface area (Å²) < 4.78 is 1.16. The Balaban J connectivity index is 2.80. The number of fused-ring (bicyclic) bond motifs is 1. The molecule has 0 spiro atoms. The average Bonchev–Trinajstić information content (AvgIpc) is 2.43. The number of thioether (sulfide) groups is 1. The van der Waals surface area contributed by atoms with Crippen LogP contribution in [0.5, 0.6) is 0 Å². The molecule has 0 saturated carbocycles. The van der Waals surface area contributed by atoms with Gasteiger partial charge >= 0.3 is 0 Å². The van der Waals surface area contributed by atoms with Gasteiger partial charge in [-0.1, -0.05) is 11.6 Å². The predicted octanol–water partition coefficient (Wildman–Crippen LogP) is 3.86. The molecule has 0 atom stereocenters. The molecule has 0 aliphatic rings. The molecule has 13 heavy (non-hydrogen) atoms. The third-order valence-corrected chi connectivity index (χ3v) is 3.71. The zero-order valence-electron chi connectivity index (χ0n) is 7.00. The Hall–Kier alpha value is -0.380. The van der Waals surface area contributed by atoms with Crippen LogP contribution in [0, 0.1) is 0 Å². The lowest BCUT2D eigenvalue weighted by Gasteiger charge is -1.98. The maximum Gasteiger partial charge on any atom is 0.0869 e. The normalized spacial score (nSPS) is 10.9. The second kappa shape index (κ2) is 3.40. The maximum atomic E-state index is 5.96. The topological polar surface area (TPSA) is 26.0 Å². The summed E-state index contributed by atoms with van der Waals surface area (Å²) in [7, 11) is 0. The lowest BCUT2D eigenvalue weighted by Crippen LogP contribution is -1.74. The van der Waals surface area contributed by atoms with Crippen molar-refractivity contribution in [3.63, 3.8) is 0 Å². The molecule has 4 heteroatoms. The summed E-state index contributed by atoms with van der Waals surface area (Å²) in [6, 6.07) is 5.93. The Morgan fingerprint density at radius 1 is 1.38 bits per heavy atom. The van der Waals surface area contributed by atoms with Crippen molar-refractivity contribution < 1.29 is 0 Å². The van der Waals surface area contributed by atoms with Gasteiger partial charge in [-0.15, -0.1) is 23.1 Å². The van der Waals surface area contributed by atoms with E-state index in [9.17, 15) is 0 Å². The molecule has 0 bridgehead atoms. The van der Waals surface area contributed by atoms with Crippen LogP contribution in [0.2, 0.25) is 5.02 Å². The quantitative estimate of drug-likeness (QED) is 0.752. The number of hydrogen-bond donors (Lipinski definition) is 1. The van der Waals surface area contributed by atoms with Crippen LogP contribution < -0.4 is 5.73 Å². The van der Waals surface area contributed by atoms with Gasteiger partial charge in [0.05, 0.1) is 5.00 Å². The third kappa shape index (κ3) is 1.64. The van der Waals surface area contributed by atoms with E-state index in [-0.39, 0.29) is 0 Å². The lowest BCUT2D eigenvalue weighted by molar-refractivity contribution is 1.58. The van der Waals surface area contributed by atoms with Crippen LogP contribution in [-0.4, -0.2) is 6.26 Å². The first-order valence-electron chi connectivity index (χ1n) is 3.73. The van der Waals surface area contributed by atoms with Gasteiger partial charge in [0, 0.05) is 20.0 Å². The fraction of sp³-hybridized carbons (Fsp3) is 0.111. The number of anilines is 1. The summed E-state index contributed by atoms with van der Waals surface area (Å²) in [5.41, 5.74) is 5.73. The molecule has 68 valence electrons.